The lowest BCUT2D eigenvalue weighted by atomic mass is 10.0. The molecule has 3 heterocycles. The average molecular weight is 464 g/mol. The molecule has 3 aromatic heterocycles. The first-order valence-electron chi connectivity index (χ1n) is 10.7. The van der Waals surface area contributed by atoms with Gasteiger partial charge in [0.25, 0.3) is 18.2 Å². The number of pyridine rings is 2. The minimum atomic E-state index is -2.73. The predicted octanol–water partition coefficient (Wildman–Crippen LogP) is 5.17. The second kappa shape index (κ2) is 10.5. The Balaban J connectivity index is 1.84. The van der Waals surface area contributed by atoms with Gasteiger partial charge in [-0.05, 0) is 37.8 Å². The van der Waals surface area contributed by atoms with Crippen LogP contribution in [-0.4, -0.2) is 39.3 Å². The number of aryl methyl sites for hydroxylation is 1. The molecule has 0 aliphatic rings. The maximum absolute atomic E-state index is 13.5. The molecule has 0 aliphatic heterocycles. The van der Waals surface area contributed by atoms with E-state index in [4.69, 9.17) is 9.47 Å². The Labute approximate surface area is 189 Å². The maximum atomic E-state index is 13.5. The number of nitrogens with one attached hydrogen (secondary N) is 1. The van der Waals surface area contributed by atoms with Crippen LogP contribution in [0.1, 0.15) is 49.8 Å². The second-order valence-corrected chi connectivity index (χ2v) is 8.11. The van der Waals surface area contributed by atoms with Gasteiger partial charge in [-0.1, -0.05) is 20.8 Å². The van der Waals surface area contributed by atoms with Crippen molar-refractivity contribution in [2.75, 3.05) is 6.61 Å². The van der Waals surface area contributed by atoms with Crippen molar-refractivity contribution >= 4 is 11.6 Å². The maximum Gasteiger partial charge on any atom is 0.272 e. The molecule has 0 fully saturated rings. The third kappa shape index (κ3) is 6.15. The van der Waals surface area contributed by atoms with Crippen LogP contribution in [0, 0.1) is 18.7 Å². The number of hydrogen-bond donors (Lipinski definition) is 1. The molecule has 3 rings (SSSR count). The van der Waals surface area contributed by atoms with Gasteiger partial charge >= 0.3 is 0 Å². The van der Waals surface area contributed by atoms with Crippen LogP contribution in [0.4, 0.5) is 13.2 Å². The molecule has 0 aromatic carbocycles. The zero-order valence-electron chi connectivity index (χ0n) is 18.9. The van der Waals surface area contributed by atoms with Crippen molar-refractivity contribution in [3.63, 3.8) is 0 Å². The molecule has 0 bridgehead atoms. The molecular formula is C23H27F3N4O3. The molecule has 1 N–H and O–H groups in total. The SMILES string of the molecule is CCC(CC(C)C)NC(=O)c1nc2ccc(Oc3ncc(F)cc3OCC(F)F)cn2c1C. The summed E-state index contributed by atoms with van der Waals surface area (Å²) in [7, 11) is 0. The zero-order chi connectivity index (χ0) is 24.1. The number of rotatable bonds is 10. The monoisotopic (exact) mass is 464 g/mol. The molecule has 33 heavy (non-hydrogen) atoms. The van der Waals surface area contributed by atoms with Gasteiger partial charge in [0, 0.05) is 12.1 Å². The second-order valence-electron chi connectivity index (χ2n) is 8.11. The molecule has 7 nitrogen and oxygen atoms in total. The highest BCUT2D eigenvalue weighted by Crippen LogP contribution is 2.30. The van der Waals surface area contributed by atoms with Crippen molar-refractivity contribution < 1.29 is 27.4 Å². The zero-order valence-corrected chi connectivity index (χ0v) is 18.9. The molecule has 0 saturated carbocycles. The summed E-state index contributed by atoms with van der Waals surface area (Å²) in [5, 5.41) is 3.04. The first-order valence-corrected chi connectivity index (χ1v) is 10.7. The predicted molar refractivity (Wildman–Crippen MR) is 117 cm³/mol. The Kier molecular flexibility index (Phi) is 7.78. The van der Waals surface area contributed by atoms with Gasteiger partial charge in [0.2, 0.25) is 0 Å². The van der Waals surface area contributed by atoms with Crippen molar-refractivity contribution in [2.45, 2.75) is 53.0 Å². The molecule has 1 amide bonds. The number of aromatic nitrogens is 3. The lowest BCUT2D eigenvalue weighted by Crippen LogP contribution is -2.35. The summed E-state index contributed by atoms with van der Waals surface area (Å²) < 4.78 is 50.8. The van der Waals surface area contributed by atoms with Gasteiger partial charge in [0.1, 0.15) is 29.5 Å². The van der Waals surface area contributed by atoms with Crippen molar-refractivity contribution in [3.05, 3.63) is 47.8 Å². The lowest BCUT2D eigenvalue weighted by molar-refractivity contribution is 0.0802. The standard InChI is InChI=1S/C23H27F3N4O3/c1-5-16(8-13(2)3)28-22(31)21-14(4)30-11-17(6-7-20(30)29-21)33-23-18(32-12-19(25)26)9-15(24)10-27-23/h6-7,9-11,13,16,19H,5,8,12H2,1-4H3,(H,28,31). The molecule has 10 heteroatoms. The Bertz CT molecular complexity index is 1120. The van der Waals surface area contributed by atoms with Gasteiger partial charge in [-0.3, -0.25) is 9.20 Å². The van der Waals surface area contributed by atoms with E-state index < -0.39 is 18.8 Å². The van der Waals surface area contributed by atoms with Gasteiger partial charge in [-0.2, -0.15) is 0 Å². The molecule has 0 radical (unpaired) electrons. The van der Waals surface area contributed by atoms with E-state index in [9.17, 15) is 18.0 Å². The number of amides is 1. The van der Waals surface area contributed by atoms with Gasteiger partial charge < -0.3 is 14.8 Å². The number of fused-ring (bicyclic) bond motifs is 1. The molecule has 1 atom stereocenters. The van der Waals surface area contributed by atoms with Gasteiger partial charge in [0.15, 0.2) is 5.75 Å². The third-order valence-electron chi connectivity index (χ3n) is 4.99. The lowest BCUT2D eigenvalue weighted by Gasteiger charge is -2.18. The summed E-state index contributed by atoms with van der Waals surface area (Å²) >= 11 is 0. The van der Waals surface area contributed by atoms with Crippen LogP contribution in [0.25, 0.3) is 5.65 Å². The van der Waals surface area contributed by atoms with E-state index in [1.54, 1.807) is 29.7 Å². The first kappa shape index (κ1) is 24.3. The van der Waals surface area contributed by atoms with Crippen LogP contribution in [0.5, 0.6) is 17.4 Å². The van der Waals surface area contributed by atoms with E-state index in [2.05, 4.69) is 29.1 Å². The fourth-order valence-corrected chi connectivity index (χ4v) is 3.42. The molecule has 0 saturated heterocycles. The van der Waals surface area contributed by atoms with Crippen molar-refractivity contribution in [1.82, 2.24) is 19.7 Å². The number of carbonyl (C=O) groups is 1. The van der Waals surface area contributed by atoms with Gasteiger partial charge in [0.05, 0.1) is 18.1 Å². The van der Waals surface area contributed by atoms with Crippen LogP contribution < -0.4 is 14.8 Å². The number of alkyl halides is 2. The normalized spacial score (nSPS) is 12.4. The highest BCUT2D eigenvalue weighted by atomic mass is 19.3. The first-order chi connectivity index (χ1) is 15.7. The Hall–Kier alpha value is -3.30. The number of imidazole rings is 1. The molecular weight excluding hydrogens is 437 g/mol. The van der Waals surface area contributed by atoms with Gasteiger partial charge in [-0.15, -0.1) is 0 Å². The Morgan fingerprint density at radius 2 is 2.03 bits per heavy atom. The minimum Gasteiger partial charge on any atom is -0.482 e. The van der Waals surface area contributed by atoms with E-state index >= 15 is 0 Å². The summed E-state index contributed by atoms with van der Waals surface area (Å²) in [6.45, 7) is 7.07. The quantitative estimate of drug-likeness (QED) is 0.448. The van der Waals surface area contributed by atoms with Crippen LogP contribution in [0.15, 0.2) is 30.6 Å². The molecule has 0 spiro atoms. The fraction of sp³-hybridized carbons (Fsp3) is 0.435. The third-order valence-corrected chi connectivity index (χ3v) is 4.99. The van der Waals surface area contributed by atoms with E-state index in [-0.39, 0.29) is 29.3 Å². The highest BCUT2D eigenvalue weighted by molar-refractivity contribution is 5.94. The fourth-order valence-electron chi connectivity index (χ4n) is 3.42. The Morgan fingerprint density at radius 3 is 2.70 bits per heavy atom. The van der Waals surface area contributed by atoms with Crippen LogP contribution in [-0.2, 0) is 0 Å². The molecule has 178 valence electrons. The van der Waals surface area contributed by atoms with Crippen molar-refractivity contribution in [1.29, 1.82) is 0 Å². The van der Waals surface area contributed by atoms with E-state index in [0.29, 0.717) is 23.0 Å². The van der Waals surface area contributed by atoms with Crippen molar-refractivity contribution in [3.8, 4) is 17.4 Å². The number of carbonyl (C=O) groups excluding carboxylic acids is 1. The number of ether oxygens (including phenoxy) is 2. The Morgan fingerprint density at radius 1 is 1.27 bits per heavy atom. The minimum absolute atomic E-state index is 0.0526. The topological polar surface area (TPSA) is 77.8 Å². The summed E-state index contributed by atoms with van der Waals surface area (Å²) in [5.41, 5.74) is 1.44. The summed E-state index contributed by atoms with van der Waals surface area (Å²) in [6, 6.07) is 4.21. The molecule has 0 aliphatic carbocycles. The largest absolute Gasteiger partial charge is 0.482 e. The van der Waals surface area contributed by atoms with Crippen LogP contribution in [0.3, 0.4) is 0 Å². The van der Waals surface area contributed by atoms with Crippen LogP contribution in [0.2, 0.25) is 0 Å². The summed E-state index contributed by atoms with van der Waals surface area (Å²) in [6.07, 6.45) is 1.43. The smallest absolute Gasteiger partial charge is 0.272 e. The number of halogens is 3. The highest BCUT2D eigenvalue weighted by Gasteiger charge is 2.20. The summed E-state index contributed by atoms with van der Waals surface area (Å²) in [4.78, 5) is 21.0. The number of nitrogens with zero attached hydrogens (tertiary/aromatic N) is 3. The van der Waals surface area contributed by atoms with E-state index in [1.165, 1.54) is 0 Å². The van der Waals surface area contributed by atoms with E-state index in [1.807, 2.05) is 6.92 Å². The number of hydrogen-bond acceptors (Lipinski definition) is 5. The molecule has 3 aromatic rings. The average Bonchev–Trinajstić information content (AvgIpc) is 3.09. The summed E-state index contributed by atoms with van der Waals surface area (Å²) in [5.74, 6) is -0.672. The van der Waals surface area contributed by atoms with Gasteiger partial charge in [-0.25, -0.2) is 23.1 Å². The van der Waals surface area contributed by atoms with Crippen LogP contribution >= 0.6 is 0 Å². The van der Waals surface area contributed by atoms with Crippen molar-refractivity contribution in [2.24, 2.45) is 5.92 Å². The molecule has 1 unspecified atom stereocenters. The van der Waals surface area contributed by atoms with E-state index in [0.717, 1.165) is 25.1 Å².